The monoisotopic (exact) mass is 171 g/mol. The number of carbonyl (C=O) groups is 3. The molecule has 0 bridgehead atoms. The van der Waals surface area contributed by atoms with Crippen molar-refractivity contribution in [1.29, 1.82) is 0 Å². The molecule has 12 heavy (non-hydrogen) atoms. The van der Waals surface area contributed by atoms with Crippen molar-refractivity contribution >= 4 is 17.5 Å². The van der Waals surface area contributed by atoms with E-state index in [2.05, 4.69) is 12.3 Å². The van der Waals surface area contributed by atoms with Gasteiger partial charge < -0.3 is 5.73 Å². The summed E-state index contributed by atoms with van der Waals surface area (Å²) in [5.41, 5.74) is 4.53. The van der Waals surface area contributed by atoms with E-state index in [-0.39, 0.29) is 11.6 Å². The third-order valence-corrected chi connectivity index (χ3v) is 0.915. The van der Waals surface area contributed by atoms with Crippen molar-refractivity contribution in [1.82, 2.24) is 0 Å². The first-order chi connectivity index (χ1) is 5.45. The Morgan fingerprint density at radius 1 is 1.42 bits per heavy atom. The predicted octanol–water partition coefficient (Wildman–Crippen LogP) is 0.212. The fourth-order valence-corrected chi connectivity index (χ4v) is 0.249. The van der Waals surface area contributed by atoms with Crippen LogP contribution in [0.1, 0.15) is 20.3 Å². The summed E-state index contributed by atoms with van der Waals surface area (Å²) in [6.07, 6.45) is 1.38. The molecule has 0 atom stereocenters. The van der Waals surface area contributed by atoms with Crippen molar-refractivity contribution in [3.8, 4) is 0 Å². The summed E-state index contributed by atoms with van der Waals surface area (Å²) in [5.74, 6) is -1.12. The standard InChI is InChI=1S/C5H8O2.C3H5NO/c1-3-5(7)4(2)6;1-2-3(4)5/h3H2,1-2H3;2H,1H2,(H2,4,5). The van der Waals surface area contributed by atoms with Gasteiger partial charge in [-0.25, -0.2) is 0 Å². The Labute approximate surface area is 71.4 Å². The van der Waals surface area contributed by atoms with E-state index in [1.165, 1.54) is 6.92 Å². The second kappa shape index (κ2) is 7.65. The minimum atomic E-state index is -0.481. The second-order valence-electron chi connectivity index (χ2n) is 1.94. The first-order valence-electron chi connectivity index (χ1n) is 3.41. The molecule has 0 aromatic heterocycles. The van der Waals surface area contributed by atoms with E-state index in [9.17, 15) is 14.4 Å². The van der Waals surface area contributed by atoms with Crippen LogP contribution in [0.3, 0.4) is 0 Å². The summed E-state index contributed by atoms with van der Waals surface area (Å²) in [6, 6.07) is 0. The number of Topliss-reactive ketones (excluding diaryl/α,β-unsaturated/α-hetero) is 2. The van der Waals surface area contributed by atoms with E-state index in [4.69, 9.17) is 0 Å². The highest BCUT2D eigenvalue weighted by Gasteiger charge is 2.00. The van der Waals surface area contributed by atoms with Crippen molar-refractivity contribution in [3.63, 3.8) is 0 Å². The molecule has 0 aliphatic carbocycles. The van der Waals surface area contributed by atoms with Crippen LogP contribution < -0.4 is 5.73 Å². The van der Waals surface area contributed by atoms with Gasteiger partial charge in [0.2, 0.25) is 5.91 Å². The lowest BCUT2D eigenvalue weighted by Gasteiger charge is -1.81. The number of amides is 1. The number of rotatable bonds is 3. The number of carbonyl (C=O) groups excluding carboxylic acids is 3. The minimum absolute atomic E-state index is 0.292. The normalized spacial score (nSPS) is 7.50. The van der Waals surface area contributed by atoms with Crippen molar-refractivity contribution in [3.05, 3.63) is 12.7 Å². The van der Waals surface area contributed by atoms with Crippen LogP contribution in [0.5, 0.6) is 0 Å². The molecule has 0 aliphatic heterocycles. The van der Waals surface area contributed by atoms with E-state index in [0.717, 1.165) is 6.08 Å². The molecule has 4 nitrogen and oxygen atoms in total. The van der Waals surface area contributed by atoms with Gasteiger partial charge in [0.25, 0.3) is 0 Å². The van der Waals surface area contributed by atoms with Gasteiger partial charge in [0.15, 0.2) is 11.6 Å². The molecule has 0 aliphatic rings. The van der Waals surface area contributed by atoms with Gasteiger partial charge in [0, 0.05) is 13.3 Å². The van der Waals surface area contributed by atoms with Crippen LogP contribution in [-0.4, -0.2) is 17.5 Å². The first-order valence-corrected chi connectivity index (χ1v) is 3.41. The van der Waals surface area contributed by atoms with Crippen LogP contribution in [0, 0.1) is 0 Å². The molecule has 68 valence electrons. The molecule has 4 heteroatoms. The van der Waals surface area contributed by atoms with Crippen LogP contribution >= 0.6 is 0 Å². The lowest BCUT2D eigenvalue weighted by molar-refractivity contribution is -0.135. The molecular weight excluding hydrogens is 158 g/mol. The van der Waals surface area contributed by atoms with Crippen LogP contribution in [0.4, 0.5) is 0 Å². The van der Waals surface area contributed by atoms with Gasteiger partial charge in [0.05, 0.1) is 0 Å². The maximum Gasteiger partial charge on any atom is 0.240 e. The van der Waals surface area contributed by atoms with Crippen molar-refractivity contribution < 1.29 is 14.4 Å². The molecule has 0 aromatic rings. The van der Waals surface area contributed by atoms with Gasteiger partial charge in [-0.2, -0.15) is 0 Å². The average molecular weight is 171 g/mol. The SMILES string of the molecule is C=CC(N)=O.CCC(=O)C(C)=O. The molecule has 0 saturated heterocycles. The van der Waals surface area contributed by atoms with Gasteiger partial charge in [-0.05, 0) is 6.08 Å². The lowest BCUT2D eigenvalue weighted by Crippen LogP contribution is -2.06. The molecule has 0 saturated carbocycles. The highest BCUT2D eigenvalue weighted by Crippen LogP contribution is 1.79. The third-order valence-electron chi connectivity index (χ3n) is 0.915. The maximum atomic E-state index is 10.2. The lowest BCUT2D eigenvalue weighted by atomic mass is 10.2. The summed E-state index contributed by atoms with van der Waals surface area (Å²) >= 11 is 0. The van der Waals surface area contributed by atoms with Crippen LogP contribution in [-0.2, 0) is 14.4 Å². The van der Waals surface area contributed by atoms with E-state index in [0.29, 0.717) is 6.42 Å². The predicted molar refractivity (Wildman–Crippen MR) is 45.4 cm³/mol. The Morgan fingerprint density at radius 2 is 1.75 bits per heavy atom. The zero-order valence-corrected chi connectivity index (χ0v) is 7.29. The van der Waals surface area contributed by atoms with Crippen LogP contribution in [0.2, 0.25) is 0 Å². The smallest absolute Gasteiger partial charge is 0.240 e. The summed E-state index contributed by atoms with van der Waals surface area (Å²) < 4.78 is 0. The molecule has 0 aromatic carbocycles. The Morgan fingerprint density at radius 3 is 1.75 bits per heavy atom. The number of hydrogen-bond acceptors (Lipinski definition) is 3. The van der Waals surface area contributed by atoms with Gasteiger partial charge in [-0.1, -0.05) is 13.5 Å². The molecule has 0 radical (unpaired) electrons. The topological polar surface area (TPSA) is 77.2 Å². The second-order valence-corrected chi connectivity index (χ2v) is 1.94. The molecule has 2 N–H and O–H groups in total. The maximum absolute atomic E-state index is 10.2. The van der Waals surface area contributed by atoms with Crippen molar-refractivity contribution in [2.24, 2.45) is 5.73 Å². The quantitative estimate of drug-likeness (QED) is 0.487. The minimum Gasteiger partial charge on any atom is -0.366 e. The van der Waals surface area contributed by atoms with Crippen LogP contribution in [0.25, 0.3) is 0 Å². The van der Waals surface area contributed by atoms with E-state index in [1.54, 1.807) is 6.92 Å². The zero-order chi connectivity index (χ0) is 10.1. The first kappa shape index (κ1) is 13.2. The van der Waals surface area contributed by atoms with E-state index in [1.807, 2.05) is 0 Å². The van der Waals surface area contributed by atoms with E-state index >= 15 is 0 Å². The van der Waals surface area contributed by atoms with Gasteiger partial charge in [-0.15, -0.1) is 0 Å². The molecule has 0 heterocycles. The zero-order valence-electron chi connectivity index (χ0n) is 7.29. The Balaban J connectivity index is 0. The van der Waals surface area contributed by atoms with Gasteiger partial charge >= 0.3 is 0 Å². The fourth-order valence-electron chi connectivity index (χ4n) is 0.249. The Bertz CT molecular complexity index is 196. The van der Waals surface area contributed by atoms with Gasteiger partial charge in [-0.3, -0.25) is 14.4 Å². The van der Waals surface area contributed by atoms with Crippen molar-refractivity contribution in [2.75, 3.05) is 0 Å². The van der Waals surface area contributed by atoms with Crippen molar-refractivity contribution in [2.45, 2.75) is 20.3 Å². The highest BCUT2D eigenvalue weighted by atomic mass is 16.2. The molecule has 0 unspecified atom stereocenters. The van der Waals surface area contributed by atoms with Crippen LogP contribution in [0.15, 0.2) is 12.7 Å². The largest absolute Gasteiger partial charge is 0.366 e. The molecular formula is C8H13NO3. The molecule has 0 fully saturated rings. The molecule has 0 rings (SSSR count). The summed E-state index contributed by atoms with van der Waals surface area (Å²) in [4.78, 5) is 29.7. The number of primary amides is 1. The summed E-state index contributed by atoms with van der Waals surface area (Å²) in [6.45, 7) is 6.04. The average Bonchev–Trinajstić information content (AvgIpc) is 2.04. The van der Waals surface area contributed by atoms with Gasteiger partial charge in [0.1, 0.15) is 0 Å². The fraction of sp³-hybridized carbons (Fsp3) is 0.375. The molecule has 0 spiro atoms. The number of nitrogens with two attached hydrogens (primary N) is 1. The third kappa shape index (κ3) is 11.4. The van der Waals surface area contributed by atoms with E-state index < -0.39 is 5.91 Å². The summed E-state index contributed by atoms with van der Waals surface area (Å²) in [7, 11) is 0. The number of ketones is 2. The highest BCUT2D eigenvalue weighted by molar-refractivity contribution is 6.36. The summed E-state index contributed by atoms with van der Waals surface area (Å²) in [5, 5.41) is 0. The Kier molecular flexibility index (Phi) is 8.40. The number of hydrogen-bond donors (Lipinski definition) is 1. The Hall–Kier alpha value is -1.45. The molecule has 1 amide bonds.